The minimum Gasteiger partial charge on any atom is -0.259 e. The molecule has 17 heavy (non-hydrogen) atoms. The molecule has 0 spiro atoms. The maximum absolute atomic E-state index is 12.8. The van der Waals surface area contributed by atoms with E-state index in [2.05, 4.69) is 15.9 Å². The van der Waals surface area contributed by atoms with E-state index in [-0.39, 0.29) is 5.82 Å². The highest BCUT2D eigenvalue weighted by molar-refractivity contribution is 9.15. The first-order valence-electron chi connectivity index (χ1n) is 5.50. The molecule has 1 nitrogen and oxygen atoms in total. The third-order valence-corrected chi connectivity index (χ3v) is 5.03. The molecule has 0 saturated carbocycles. The second-order valence-electron chi connectivity index (χ2n) is 3.89. The normalized spacial score (nSPS) is 14.4. The molecule has 0 aliphatic rings. The molecular weight excluding hydrogens is 303 g/mol. The van der Waals surface area contributed by atoms with Gasteiger partial charge in [-0.05, 0) is 36.6 Å². The molecule has 94 valence electrons. The second kappa shape index (κ2) is 7.07. The van der Waals surface area contributed by atoms with Crippen molar-refractivity contribution in [1.29, 1.82) is 0 Å². The molecule has 1 aromatic rings. The van der Waals surface area contributed by atoms with Crippen LogP contribution in [-0.2, 0) is 10.8 Å². The van der Waals surface area contributed by atoms with Crippen LogP contribution in [0.5, 0.6) is 0 Å². The average molecular weight is 319 g/mol. The highest BCUT2D eigenvalue weighted by atomic mass is 79.9. The molecule has 0 bridgehead atoms. The van der Waals surface area contributed by atoms with Crippen molar-refractivity contribution in [3.05, 3.63) is 41.2 Å². The highest BCUT2D eigenvalue weighted by Gasteiger charge is 2.06. The van der Waals surface area contributed by atoms with Crippen molar-refractivity contribution in [3.8, 4) is 0 Å². The fourth-order valence-electron chi connectivity index (χ4n) is 1.45. The van der Waals surface area contributed by atoms with Gasteiger partial charge in [0.1, 0.15) is 5.82 Å². The summed E-state index contributed by atoms with van der Waals surface area (Å²) in [5, 5.41) is 0. The monoisotopic (exact) mass is 318 g/mol. The molecular formula is C13H16BrFOS. The molecule has 0 fully saturated rings. The van der Waals surface area contributed by atoms with E-state index in [0.29, 0.717) is 5.75 Å². The minimum atomic E-state index is -0.811. The Morgan fingerprint density at radius 2 is 1.94 bits per heavy atom. The highest BCUT2D eigenvalue weighted by Crippen LogP contribution is 2.25. The molecule has 0 amide bonds. The van der Waals surface area contributed by atoms with Gasteiger partial charge in [0.2, 0.25) is 0 Å². The Hall–Kier alpha value is -0.480. The van der Waals surface area contributed by atoms with Crippen molar-refractivity contribution in [2.45, 2.75) is 20.3 Å². The Morgan fingerprint density at radius 1 is 1.35 bits per heavy atom. The van der Waals surface area contributed by atoms with Gasteiger partial charge in [-0.3, -0.25) is 4.21 Å². The van der Waals surface area contributed by atoms with E-state index in [1.807, 2.05) is 13.8 Å². The van der Waals surface area contributed by atoms with E-state index >= 15 is 0 Å². The average Bonchev–Trinajstić information content (AvgIpc) is 2.29. The molecule has 0 radical (unpaired) electrons. The van der Waals surface area contributed by atoms with Crippen LogP contribution in [-0.4, -0.2) is 15.7 Å². The molecule has 0 N–H and O–H groups in total. The van der Waals surface area contributed by atoms with E-state index in [1.54, 1.807) is 12.1 Å². The topological polar surface area (TPSA) is 17.1 Å². The van der Waals surface area contributed by atoms with E-state index in [1.165, 1.54) is 12.1 Å². The van der Waals surface area contributed by atoms with Gasteiger partial charge in [0.15, 0.2) is 0 Å². The smallest absolute Gasteiger partial charge is 0.123 e. The van der Waals surface area contributed by atoms with Gasteiger partial charge in [-0.2, -0.15) is 0 Å². The van der Waals surface area contributed by atoms with Crippen molar-refractivity contribution in [1.82, 2.24) is 0 Å². The van der Waals surface area contributed by atoms with Crippen molar-refractivity contribution in [2.24, 2.45) is 0 Å². The van der Waals surface area contributed by atoms with Crippen LogP contribution in [0.4, 0.5) is 4.39 Å². The van der Waals surface area contributed by atoms with Gasteiger partial charge in [0.05, 0.1) is 0 Å². The molecule has 1 unspecified atom stereocenters. The first-order chi connectivity index (χ1) is 8.04. The number of rotatable bonds is 5. The fourth-order valence-corrected chi connectivity index (χ4v) is 3.26. The maximum atomic E-state index is 12.8. The molecule has 0 aromatic heterocycles. The lowest BCUT2D eigenvalue weighted by molar-refractivity contribution is 0.627. The maximum Gasteiger partial charge on any atom is 0.123 e. The first kappa shape index (κ1) is 14.6. The molecule has 0 aliphatic heterocycles. The van der Waals surface area contributed by atoms with Crippen LogP contribution in [0.1, 0.15) is 25.8 Å². The van der Waals surface area contributed by atoms with Gasteiger partial charge in [0.25, 0.3) is 0 Å². The Bertz CT molecular complexity index is 426. The van der Waals surface area contributed by atoms with Crippen molar-refractivity contribution < 1.29 is 8.60 Å². The summed E-state index contributed by atoms with van der Waals surface area (Å²) in [6.45, 7) is 3.97. The van der Waals surface area contributed by atoms with Gasteiger partial charge in [-0.15, -0.1) is 0 Å². The quantitative estimate of drug-likeness (QED) is 0.798. The number of halogens is 2. The van der Waals surface area contributed by atoms with Gasteiger partial charge in [-0.25, -0.2) is 4.39 Å². The summed E-state index contributed by atoms with van der Waals surface area (Å²) in [5.41, 5.74) is 1.95. The Morgan fingerprint density at radius 3 is 2.47 bits per heavy atom. The van der Waals surface area contributed by atoms with Crippen LogP contribution in [0.15, 0.2) is 29.8 Å². The molecule has 0 heterocycles. The number of hydrogen-bond acceptors (Lipinski definition) is 1. The van der Waals surface area contributed by atoms with Crippen LogP contribution in [0.3, 0.4) is 0 Å². The zero-order valence-electron chi connectivity index (χ0n) is 10.0. The summed E-state index contributed by atoms with van der Waals surface area (Å²) in [6, 6.07) is 6.27. The lowest BCUT2D eigenvalue weighted by Gasteiger charge is -2.06. The van der Waals surface area contributed by atoms with Crippen LogP contribution in [0, 0.1) is 5.82 Å². The van der Waals surface area contributed by atoms with Gasteiger partial charge in [-0.1, -0.05) is 35.0 Å². The Labute approximate surface area is 113 Å². The van der Waals surface area contributed by atoms with Crippen molar-refractivity contribution in [2.75, 3.05) is 11.5 Å². The second-order valence-corrected chi connectivity index (χ2v) is 6.26. The predicted molar refractivity (Wildman–Crippen MR) is 76.1 cm³/mol. The summed E-state index contributed by atoms with van der Waals surface area (Å²) in [6.07, 6.45) is 0.925. The van der Waals surface area contributed by atoms with Crippen LogP contribution in [0.25, 0.3) is 4.48 Å². The lowest BCUT2D eigenvalue weighted by Crippen LogP contribution is -2.03. The summed E-state index contributed by atoms with van der Waals surface area (Å²) in [7, 11) is -0.811. The third kappa shape index (κ3) is 4.72. The van der Waals surface area contributed by atoms with Gasteiger partial charge < -0.3 is 0 Å². The SMILES string of the molecule is CCCS(=O)C/C(C)=C(/Br)c1ccc(F)cc1. The molecule has 4 heteroatoms. The van der Waals surface area contributed by atoms with Crippen LogP contribution < -0.4 is 0 Å². The Balaban J connectivity index is 2.82. The zero-order valence-corrected chi connectivity index (χ0v) is 12.4. The molecule has 0 aliphatic carbocycles. The number of hydrogen-bond donors (Lipinski definition) is 0. The molecule has 0 saturated heterocycles. The molecule has 1 aromatic carbocycles. The summed E-state index contributed by atoms with van der Waals surface area (Å²) in [4.78, 5) is 0. The summed E-state index contributed by atoms with van der Waals surface area (Å²) >= 11 is 3.48. The Kier molecular flexibility index (Phi) is 6.06. The summed E-state index contributed by atoms with van der Waals surface area (Å²) < 4.78 is 25.3. The van der Waals surface area contributed by atoms with Crippen LogP contribution >= 0.6 is 15.9 Å². The lowest BCUT2D eigenvalue weighted by atomic mass is 10.1. The largest absolute Gasteiger partial charge is 0.259 e. The summed E-state index contributed by atoms with van der Waals surface area (Å²) in [5.74, 6) is 1.04. The van der Waals surface area contributed by atoms with Crippen molar-refractivity contribution in [3.63, 3.8) is 0 Å². The fraction of sp³-hybridized carbons (Fsp3) is 0.385. The van der Waals surface area contributed by atoms with E-state index < -0.39 is 10.8 Å². The van der Waals surface area contributed by atoms with E-state index in [9.17, 15) is 8.60 Å². The van der Waals surface area contributed by atoms with E-state index in [0.717, 1.165) is 27.8 Å². The first-order valence-corrected chi connectivity index (χ1v) is 7.79. The van der Waals surface area contributed by atoms with E-state index in [4.69, 9.17) is 0 Å². The zero-order chi connectivity index (χ0) is 12.8. The number of benzene rings is 1. The molecule has 1 rings (SSSR count). The molecule has 1 atom stereocenters. The third-order valence-electron chi connectivity index (χ3n) is 2.28. The standard InChI is InChI=1S/C13H16BrFOS/c1-3-8-17(16)9-10(2)13(14)11-4-6-12(15)7-5-11/h4-7H,3,8-9H2,1-2H3/b13-10+. The minimum absolute atomic E-state index is 0.249. The van der Waals surface area contributed by atoms with Gasteiger partial charge in [0, 0.05) is 26.8 Å². The van der Waals surface area contributed by atoms with Gasteiger partial charge >= 0.3 is 0 Å². The predicted octanol–water partition coefficient (Wildman–Crippen LogP) is 4.11. The van der Waals surface area contributed by atoms with Crippen molar-refractivity contribution >= 4 is 31.2 Å². The van der Waals surface area contributed by atoms with Crippen LogP contribution in [0.2, 0.25) is 0 Å².